The molecule has 4 unspecified atom stereocenters. The van der Waals surface area contributed by atoms with Gasteiger partial charge in [0.15, 0.2) is 10.9 Å². The second-order valence-electron chi connectivity index (χ2n) is 13.1. The Morgan fingerprint density at radius 3 is 2.54 bits per heavy atom. The van der Waals surface area contributed by atoms with Gasteiger partial charge in [-0.15, -0.1) is 0 Å². The lowest BCUT2D eigenvalue weighted by molar-refractivity contribution is -0.0396. The largest absolute Gasteiger partial charge is 0.467 e. The molecule has 0 amide bonds. The SMILES string of the molecule is COc1nc(N2C3CNCC2COC3)c2c(=O)n(CC3COC3)c(-c3ccc(F)c4sc(N)nc34)c(F)c2n1.FC1CC2CCCN2C1. The molecule has 12 nitrogen and oxygen atoms in total. The van der Waals surface area contributed by atoms with Crippen molar-refractivity contribution >= 4 is 43.4 Å². The maximum atomic E-state index is 16.8. The molecule has 8 heterocycles. The van der Waals surface area contributed by atoms with Crippen LogP contribution >= 0.6 is 11.3 Å². The molecule has 4 aromatic rings. The zero-order valence-corrected chi connectivity index (χ0v) is 27.3. The molecule has 48 heavy (non-hydrogen) atoms. The van der Waals surface area contributed by atoms with E-state index in [1.54, 1.807) is 0 Å². The highest BCUT2D eigenvalue weighted by Gasteiger charge is 2.39. The van der Waals surface area contributed by atoms with Crippen LogP contribution < -0.4 is 26.2 Å². The summed E-state index contributed by atoms with van der Waals surface area (Å²) >= 11 is 0.965. The normalized spacial score (nSPS) is 25.6. The van der Waals surface area contributed by atoms with Crippen LogP contribution in [0.15, 0.2) is 16.9 Å². The van der Waals surface area contributed by atoms with Gasteiger partial charge in [0.05, 0.1) is 61.5 Å². The average Bonchev–Trinajstić information content (AvgIpc) is 3.76. The zero-order chi connectivity index (χ0) is 33.1. The van der Waals surface area contributed by atoms with Crippen molar-refractivity contribution in [3.63, 3.8) is 0 Å². The molecule has 16 heteroatoms. The molecule has 9 rings (SSSR count). The van der Waals surface area contributed by atoms with E-state index in [2.05, 4.69) is 25.2 Å². The van der Waals surface area contributed by atoms with Crippen LogP contribution in [0.2, 0.25) is 0 Å². The van der Waals surface area contributed by atoms with Crippen LogP contribution in [0.25, 0.3) is 32.4 Å². The number of anilines is 2. The summed E-state index contributed by atoms with van der Waals surface area (Å²) in [6, 6.07) is 2.99. The third-order valence-electron chi connectivity index (χ3n) is 9.98. The number of nitrogens with one attached hydrogen (secondary N) is 1. The van der Waals surface area contributed by atoms with Gasteiger partial charge in [0.1, 0.15) is 28.7 Å². The van der Waals surface area contributed by atoms with Crippen molar-refractivity contribution < 1.29 is 27.4 Å². The third kappa shape index (κ3) is 5.47. The van der Waals surface area contributed by atoms with Gasteiger partial charge in [0.25, 0.3) is 5.56 Å². The quantitative estimate of drug-likeness (QED) is 0.321. The maximum absolute atomic E-state index is 16.8. The molecule has 2 bridgehead atoms. The molecule has 5 aliphatic heterocycles. The molecule has 3 aromatic heterocycles. The molecule has 0 aliphatic carbocycles. The van der Waals surface area contributed by atoms with Crippen LogP contribution in [0.4, 0.5) is 24.1 Å². The Balaban J connectivity index is 0.000000321. The molecule has 0 spiro atoms. The zero-order valence-electron chi connectivity index (χ0n) is 26.5. The summed E-state index contributed by atoms with van der Waals surface area (Å²) in [6.07, 6.45) is 2.81. The number of morpholine rings is 1. The van der Waals surface area contributed by atoms with Crippen LogP contribution in [0.3, 0.4) is 0 Å². The van der Waals surface area contributed by atoms with Crippen LogP contribution in [0, 0.1) is 17.6 Å². The number of hydrogen-bond acceptors (Lipinski definition) is 12. The van der Waals surface area contributed by atoms with Gasteiger partial charge in [-0.2, -0.15) is 9.97 Å². The van der Waals surface area contributed by atoms with Gasteiger partial charge in [-0.1, -0.05) is 11.3 Å². The molecule has 5 aliphatic rings. The minimum atomic E-state index is -0.747. The van der Waals surface area contributed by atoms with Crippen molar-refractivity contribution in [3.05, 3.63) is 34.1 Å². The first-order valence-electron chi connectivity index (χ1n) is 16.4. The average molecular weight is 687 g/mol. The molecule has 3 N–H and O–H groups in total. The number of hydrogen-bond donors (Lipinski definition) is 2. The first-order chi connectivity index (χ1) is 23.3. The smallest absolute Gasteiger partial charge is 0.318 e. The Morgan fingerprint density at radius 1 is 1.06 bits per heavy atom. The monoisotopic (exact) mass is 686 g/mol. The fraction of sp³-hybridized carbons (Fsp3) is 0.562. The number of nitrogen functional groups attached to an aromatic ring is 1. The van der Waals surface area contributed by atoms with Crippen molar-refractivity contribution in [1.82, 2.24) is 29.7 Å². The highest BCUT2D eigenvalue weighted by molar-refractivity contribution is 7.22. The van der Waals surface area contributed by atoms with Crippen LogP contribution in [-0.2, 0) is 16.0 Å². The Bertz CT molecular complexity index is 1890. The third-order valence-corrected chi connectivity index (χ3v) is 10.9. The Labute approximate surface area is 278 Å². The highest BCUT2D eigenvalue weighted by atomic mass is 32.1. The number of fused-ring (bicyclic) bond motifs is 5. The number of nitrogens with two attached hydrogens (primary N) is 1. The number of pyridine rings is 1. The first-order valence-corrected chi connectivity index (χ1v) is 17.2. The lowest BCUT2D eigenvalue weighted by Crippen LogP contribution is -2.64. The number of piperazine rings is 1. The van der Waals surface area contributed by atoms with Crippen LogP contribution in [0.1, 0.15) is 19.3 Å². The minimum absolute atomic E-state index is 0.00401. The molecule has 1 aromatic carbocycles. The molecular weight excluding hydrogens is 649 g/mol. The van der Waals surface area contributed by atoms with Crippen molar-refractivity contribution in [1.29, 1.82) is 0 Å². The number of halogens is 3. The fourth-order valence-electron chi connectivity index (χ4n) is 7.70. The summed E-state index contributed by atoms with van der Waals surface area (Å²) in [4.78, 5) is 31.9. The predicted octanol–water partition coefficient (Wildman–Crippen LogP) is 2.95. The number of alkyl halides is 1. The fourth-order valence-corrected chi connectivity index (χ4v) is 8.47. The van der Waals surface area contributed by atoms with Crippen molar-refractivity contribution in [2.45, 2.75) is 50.1 Å². The predicted molar refractivity (Wildman–Crippen MR) is 175 cm³/mol. The van der Waals surface area contributed by atoms with Gasteiger partial charge < -0.3 is 34.7 Å². The van der Waals surface area contributed by atoms with E-state index in [0.717, 1.165) is 24.3 Å². The molecule has 0 saturated carbocycles. The van der Waals surface area contributed by atoms with E-state index >= 15 is 4.39 Å². The number of nitrogens with zero attached hydrogens (tertiary/aromatic N) is 6. The number of methoxy groups -OCH3 is 1. The van der Waals surface area contributed by atoms with Gasteiger partial charge in [0, 0.05) is 43.7 Å². The van der Waals surface area contributed by atoms with Crippen molar-refractivity contribution in [2.24, 2.45) is 5.92 Å². The van der Waals surface area contributed by atoms with Crippen molar-refractivity contribution in [3.8, 4) is 17.3 Å². The second kappa shape index (κ2) is 12.7. The molecule has 0 radical (unpaired) electrons. The number of ether oxygens (including phenoxy) is 3. The van der Waals surface area contributed by atoms with Gasteiger partial charge in [-0.3, -0.25) is 9.69 Å². The van der Waals surface area contributed by atoms with E-state index < -0.39 is 23.4 Å². The van der Waals surface area contributed by atoms with E-state index in [1.165, 1.54) is 36.7 Å². The molecular formula is C32H37F3N8O4S. The standard InChI is InChI=1S/C25H25F2N7O4S.C7H12FN/c1-36-25-31-19-16(22(32-25)34-12-4-29-5-13(34)10-38-9-12)23(35)33(6-11-7-37-8-11)20(17(19)27)14-2-3-15(26)21-18(14)30-24(28)39-21;8-6-4-7-2-1-3-9(7)5-6/h2-3,11-13,29H,4-10H2,1H3,(H2,28,30);6-7H,1-5H2. The lowest BCUT2D eigenvalue weighted by Gasteiger charge is -2.46. The number of rotatable bonds is 5. The Kier molecular flexibility index (Phi) is 8.39. The number of benzene rings is 1. The maximum Gasteiger partial charge on any atom is 0.318 e. The number of thiazole rings is 1. The van der Waals surface area contributed by atoms with Crippen molar-refractivity contribution in [2.75, 3.05) is 70.3 Å². The second-order valence-corrected chi connectivity index (χ2v) is 14.1. The van der Waals surface area contributed by atoms with E-state index in [-0.39, 0.29) is 68.1 Å². The minimum Gasteiger partial charge on any atom is -0.467 e. The summed E-state index contributed by atoms with van der Waals surface area (Å²) in [5, 5.41) is 3.58. The van der Waals surface area contributed by atoms with Gasteiger partial charge >= 0.3 is 6.01 Å². The molecule has 4 atom stereocenters. The highest BCUT2D eigenvalue weighted by Crippen LogP contribution is 2.39. The van der Waals surface area contributed by atoms with E-state index in [9.17, 15) is 13.6 Å². The summed E-state index contributed by atoms with van der Waals surface area (Å²) < 4.78 is 62.1. The Hall–Kier alpha value is -3.57. The van der Waals surface area contributed by atoms with Gasteiger partial charge in [-0.05, 0) is 37.9 Å². The Morgan fingerprint density at radius 2 is 1.83 bits per heavy atom. The first kappa shape index (κ1) is 31.7. The van der Waals surface area contributed by atoms with E-state index in [1.807, 2.05) is 4.90 Å². The van der Waals surface area contributed by atoms with E-state index in [4.69, 9.17) is 19.9 Å². The molecule has 5 saturated heterocycles. The molecule has 5 fully saturated rings. The van der Waals surface area contributed by atoms with E-state index in [0.29, 0.717) is 57.9 Å². The van der Waals surface area contributed by atoms with Gasteiger partial charge in [-0.25, -0.2) is 18.2 Å². The summed E-state index contributed by atoms with van der Waals surface area (Å²) in [5.41, 5.74) is 5.68. The van der Waals surface area contributed by atoms with Gasteiger partial charge in [0.2, 0.25) is 0 Å². The summed E-state index contributed by atoms with van der Waals surface area (Å²) in [7, 11) is 1.39. The lowest BCUT2D eigenvalue weighted by atomic mass is 10.0. The topological polar surface area (TPSA) is 133 Å². The van der Waals surface area contributed by atoms with Crippen LogP contribution in [0.5, 0.6) is 6.01 Å². The van der Waals surface area contributed by atoms with Crippen LogP contribution in [-0.4, -0.2) is 108 Å². The summed E-state index contributed by atoms with van der Waals surface area (Å²) in [5.74, 6) is -0.954. The summed E-state index contributed by atoms with van der Waals surface area (Å²) in [6.45, 7) is 5.06. The molecule has 256 valence electrons. The number of aromatic nitrogens is 4.